The second-order valence-electron chi connectivity index (χ2n) is 8.27. The number of carbonyl (C=O) groups is 3. The molecule has 0 aliphatic carbocycles. The lowest BCUT2D eigenvalue weighted by Gasteiger charge is -2.11. The summed E-state index contributed by atoms with van der Waals surface area (Å²) in [4.78, 5) is 44.5. The predicted octanol–water partition coefficient (Wildman–Crippen LogP) is 5.45. The van der Waals surface area contributed by atoms with Gasteiger partial charge >= 0.3 is 24.3 Å². The Morgan fingerprint density at radius 3 is 1.70 bits per heavy atom. The van der Waals surface area contributed by atoms with Gasteiger partial charge in [0.2, 0.25) is 10.1 Å². The van der Waals surface area contributed by atoms with E-state index in [0.717, 1.165) is 25.3 Å². The van der Waals surface area contributed by atoms with Crippen LogP contribution in [-0.2, 0) is 6.18 Å². The number of halogens is 3. The van der Waals surface area contributed by atoms with Gasteiger partial charge in [-0.3, -0.25) is 15.1 Å². The van der Waals surface area contributed by atoms with Gasteiger partial charge in [-0.05, 0) is 24.3 Å². The Morgan fingerprint density at radius 2 is 1.23 bits per heavy atom. The Labute approximate surface area is 261 Å². The first kappa shape index (κ1) is 33.9. The number of alkyl halides is 3. The molecule has 13 nitrogen and oxygen atoms in total. The van der Waals surface area contributed by atoms with E-state index in [9.17, 15) is 27.6 Å². The first-order valence-corrected chi connectivity index (χ1v) is 14.8. The fourth-order valence-corrected chi connectivity index (χ4v) is 5.52. The Hall–Kier alpha value is -4.62. The van der Waals surface area contributed by atoms with Crippen molar-refractivity contribution >= 4 is 87.9 Å². The number of aromatic nitrogens is 4. The molecule has 0 saturated heterocycles. The predicted molar refractivity (Wildman–Crippen MR) is 168 cm³/mol. The third-order valence-electron chi connectivity index (χ3n) is 5.29. The van der Waals surface area contributed by atoms with Crippen LogP contribution in [0.3, 0.4) is 0 Å². The monoisotopic (exact) mass is 668 g/mol. The summed E-state index contributed by atoms with van der Waals surface area (Å²) in [5.41, 5.74) is 1.83. The van der Waals surface area contributed by atoms with Crippen molar-refractivity contribution in [1.82, 2.24) is 36.1 Å². The molecule has 234 valence electrons. The number of nitrogens with one attached hydrogen (secondary N) is 4. The highest BCUT2D eigenvalue weighted by molar-refractivity contribution is 7.22. The highest BCUT2D eigenvalue weighted by atomic mass is 32.1. The van der Waals surface area contributed by atoms with Crippen molar-refractivity contribution in [2.45, 2.75) is 6.18 Å². The lowest BCUT2D eigenvalue weighted by atomic mass is 10.3. The van der Waals surface area contributed by atoms with Crippen molar-refractivity contribution in [2.24, 2.45) is 0 Å². The van der Waals surface area contributed by atoms with Crippen LogP contribution in [0.5, 0.6) is 0 Å². The summed E-state index contributed by atoms with van der Waals surface area (Å²) in [5, 5.41) is 16.3. The van der Waals surface area contributed by atoms with Crippen molar-refractivity contribution in [2.75, 3.05) is 50.4 Å². The molecule has 0 radical (unpaired) electrons. The van der Waals surface area contributed by atoms with Crippen LogP contribution in [0.4, 0.5) is 42.9 Å². The quantitative estimate of drug-likeness (QED) is 0.199. The molecule has 0 aliphatic rings. The third-order valence-corrected chi connectivity index (χ3v) is 8.40. The minimum absolute atomic E-state index is 0.110. The summed E-state index contributed by atoms with van der Waals surface area (Å²) in [5.74, 6) is 0. The van der Waals surface area contributed by atoms with Crippen molar-refractivity contribution in [1.29, 1.82) is 0 Å². The van der Waals surface area contributed by atoms with Gasteiger partial charge < -0.3 is 16.0 Å². The van der Waals surface area contributed by atoms with E-state index in [4.69, 9.17) is 0 Å². The number of urea groups is 3. The fourth-order valence-electron chi connectivity index (χ4n) is 3.06. The largest absolute Gasteiger partial charge is 0.445 e. The van der Waals surface area contributed by atoms with E-state index in [1.807, 2.05) is 48.5 Å². The van der Waals surface area contributed by atoms with Gasteiger partial charge in [-0.15, -0.1) is 10.2 Å². The molecule has 0 aliphatic heterocycles. The van der Waals surface area contributed by atoms with Crippen LogP contribution in [-0.4, -0.2) is 73.5 Å². The molecule has 0 saturated carbocycles. The Bertz CT molecular complexity index is 1660. The number of rotatable bonds is 3. The molecule has 4 N–H and O–H groups in total. The summed E-state index contributed by atoms with van der Waals surface area (Å²) >= 11 is 3.27. The molecule has 44 heavy (non-hydrogen) atoms. The zero-order chi connectivity index (χ0) is 32.4. The maximum Gasteiger partial charge on any atom is 0.445 e. The molecule has 19 heteroatoms. The van der Waals surface area contributed by atoms with Crippen molar-refractivity contribution in [3.05, 3.63) is 53.5 Å². The summed E-state index contributed by atoms with van der Waals surface area (Å²) in [7, 11) is 7.55. The number of hydrogen-bond acceptors (Lipinski definition) is 10. The summed E-state index contributed by atoms with van der Waals surface area (Å²) in [6.45, 7) is 0. The molecule has 5 aromatic rings. The average molecular weight is 669 g/mol. The first-order chi connectivity index (χ1) is 20.9. The topological polar surface area (TPSA) is 157 Å². The van der Waals surface area contributed by atoms with Crippen LogP contribution < -0.4 is 31.1 Å². The van der Waals surface area contributed by atoms with Crippen molar-refractivity contribution in [3.63, 3.8) is 0 Å². The van der Waals surface area contributed by atoms with E-state index in [2.05, 4.69) is 41.4 Å². The lowest BCUT2D eigenvalue weighted by Crippen LogP contribution is -2.34. The van der Waals surface area contributed by atoms with Gasteiger partial charge in [-0.2, -0.15) is 13.2 Å². The molecular formula is C25H27F3N10O3S3. The van der Waals surface area contributed by atoms with E-state index in [1.165, 1.54) is 41.7 Å². The van der Waals surface area contributed by atoms with Crippen LogP contribution >= 0.6 is 34.0 Å². The maximum atomic E-state index is 12.1. The molecule has 0 fully saturated rings. The number of benzene rings is 2. The van der Waals surface area contributed by atoms with E-state index < -0.39 is 17.2 Å². The maximum absolute atomic E-state index is 12.1. The molecule has 6 amide bonds. The Balaban J connectivity index is 0.000000180. The third kappa shape index (κ3) is 8.94. The van der Waals surface area contributed by atoms with Crippen molar-refractivity contribution < 1.29 is 27.6 Å². The highest BCUT2D eigenvalue weighted by Crippen LogP contribution is 2.34. The van der Waals surface area contributed by atoms with E-state index >= 15 is 0 Å². The SMILES string of the molecule is CNC(=O)N(C)c1nc2ccccc2s1.CNC(=O)N(C)c1nnc(C(F)(F)F)s1.CNC(=O)Nc1nc2ccccc2s1. The Kier molecular flexibility index (Phi) is 11.7. The van der Waals surface area contributed by atoms with Gasteiger partial charge in [-0.1, -0.05) is 58.3 Å². The number of hydrogen-bond donors (Lipinski definition) is 4. The second-order valence-corrected chi connectivity index (χ2v) is 11.3. The first-order valence-electron chi connectivity index (χ1n) is 12.4. The number of amides is 6. The van der Waals surface area contributed by atoms with E-state index in [-0.39, 0.29) is 17.2 Å². The normalized spacial score (nSPS) is 10.5. The average Bonchev–Trinajstić information content (AvgIpc) is 3.78. The summed E-state index contributed by atoms with van der Waals surface area (Å²) in [6.07, 6.45) is -4.53. The van der Waals surface area contributed by atoms with Crippen LogP contribution in [0.2, 0.25) is 0 Å². The summed E-state index contributed by atoms with van der Waals surface area (Å²) < 4.78 is 38.6. The fraction of sp³-hybridized carbons (Fsp3) is 0.240. The molecule has 0 bridgehead atoms. The zero-order valence-corrected chi connectivity index (χ0v) is 26.3. The van der Waals surface area contributed by atoms with Crippen LogP contribution in [0.15, 0.2) is 48.5 Å². The van der Waals surface area contributed by atoms with Gasteiger partial charge in [0.1, 0.15) is 0 Å². The Morgan fingerprint density at radius 1 is 0.705 bits per heavy atom. The van der Waals surface area contributed by atoms with Gasteiger partial charge in [0.25, 0.3) is 0 Å². The number of carbonyl (C=O) groups excluding carboxylic acids is 3. The molecular weight excluding hydrogens is 642 g/mol. The minimum Gasteiger partial charge on any atom is -0.341 e. The smallest absolute Gasteiger partial charge is 0.341 e. The number of anilines is 3. The van der Waals surface area contributed by atoms with Gasteiger partial charge in [0.15, 0.2) is 10.3 Å². The summed E-state index contributed by atoms with van der Waals surface area (Å²) in [6, 6.07) is 14.6. The molecule has 0 atom stereocenters. The van der Waals surface area contributed by atoms with Crippen LogP contribution in [0, 0.1) is 0 Å². The molecule has 3 aromatic heterocycles. The van der Waals surface area contributed by atoms with E-state index in [1.54, 1.807) is 21.1 Å². The van der Waals surface area contributed by atoms with E-state index in [0.29, 0.717) is 21.6 Å². The zero-order valence-electron chi connectivity index (χ0n) is 23.9. The number of fused-ring (bicyclic) bond motifs is 2. The number of para-hydroxylation sites is 2. The van der Waals surface area contributed by atoms with Gasteiger partial charge in [-0.25, -0.2) is 24.4 Å². The number of thiazole rings is 2. The molecule has 3 heterocycles. The second kappa shape index (κ2) is 15.2. The van der Waals surface area contributed by atoms with Gasteiger partial charge in [0, 0.05) is 35.2 Å². The van der Waals surface area contributed by atoms with Crippen molar-refractivity contribution in [3.8, 4) is 0 Å². The standard InChI is InChI=1S/C10H11N3OS.C9H9N3OS.C6H7F3N4OS/c1-11-9(14)13(2)10-12-7-5-3-4-6-8(7)15-10;1-10-8(13)12-9-11-6-4-2-3-5-7(6)14-9;1-10-4(14)13(2)5-12-11-3(15-5)6(7,8)9/h3-6H,1-2H3,(H,11,14);2-5H,1H3,(H2,10,11,12,13);1-2H3,(H,10,14). The molecule has 0 spiro atoms. The van der Waals surface area contributed by atoms with Crippen LogP contribution in [0.1, 0.15) is 5.01 Å². The molecule has 2 aromatic carbocycles. The number of nitrogens with zero attached hydrogens (tertiary/aromatic N) is 6. The minimum atomic E-state index is -4.53. The van der Waals surface area contributed by atoms with Crippen LogP contribution in [0.25, 0.3) is 20.4 Å². The molecule has 0 unspecified atom stereocenters. The molecule has 5 rings (SSSR count). The van der Waals surface area contributed by atoms with Gasteiger partial charge in [0.05, 0.1) is 20.4 Å². The lowest BCUT2D eigenvalue weighted by molar-refractivity contribution is -0.138. The highest BCUT2D eigenvalue weighted by Gasteiger charge is 2.36.